The molecule has 0 saturated carbocycles. The average Bonchev–Trinajstić information content (AvgIpc) is 3.05. The van der Waals surface area contributed by atoms with E-state index in [9.17, 15) is 0 Å². The molecule has 124 valence electrons. The normalized spacial score (nSPS) is 14.3. The molecule has 0 aliphatic carbocycles. The third-order valence-electron chi connectivity index (χ3n) is 3.75. The van der Waals surface area contributed by atoms with E-state index >= 15 is 0 Å². The molecule has 0 N–H and O–H groups in total. The van der Waals surface area contributed by atoms with Crippen molar-refractivity contribution in [2.75, 3.05) is 26.2 Å². The van der Waals surface area contributed by atoms with Crippen LogP contribution in [0.2, 0.25) is 5.02 Å². The number of halogens is 2. The van der Waals surface area contributed by atoms with Gasteiger partial charge in [-0.2, -0.15) is 0 Å². The van der Waals surface area contributed by atoms with Crippen LogP contribution in [0.25, 0.3) is 0 Å². The molecule has 0 amide bonds. The smallest absolute Gasteiger partial charge is 0.169 e. The number of hydrogen-bond acceptors (Lipinski definition) is 3. The first kappa shape index (κ1) is 17.9. The number of ether oxygens (including phenoxy) is 2. The number of nitrogens with zero attached hydrogens (tertiary/aromatic N) is 1. The summed E-state index contributed by atoms with van der Waals surface area (Å²) in [5.41, 5.74) is 0. The summed E-state index contributed by atoms with van der Waals surface area (Å²) in [5, 5.41) is 0.697. The monoisotopic (exact) mass is 353 g/mol. The zero-order valence-electron chi connectivity index (χ0n) is 12.9. The summed E-state index contributed by atoms with van der Waals surface area (Å²) >= 11 is 5.89. The van der Waals surface area contributed by atoms with Gasteiger partial charge in [-0.3, -0.25) is 4.90 Å². The maximum Gasteiger partial charge on any atom is 0.169 e. The summed E-state index contributed by atoms with van der Waals surface area (Å²) in [6.45, 7) is 4.02. The second kappa shape index (κ2) is 9.02. The van der Waals surface area contributed by atoms with Crippen LogP contribution in [-0.2, 0) is 0 Å². The first-order chi connectivity index (χ1) is 10.8. The first-order valence-electron chi connectivity index (χ1n) is 7.69. The van der Waals surface area contributed by atoms with Gasteiger partial charge in [-0.25, -0.2) is 0 Å². The molecule has 3 nitrogen and oxygen atoms in total. The van der Waals surface area contributed by atoms with E-state index < -0.39 is 0 Å². The Morgan fingerprint density at radius 3 is 2.26 bits per heavy atom. The minimum Gasteiger partial charge on any atom is -0.488 e. The van der Waals surface area contributed by atoms with Crippen LogP contribution in [-0.4, -0.2) is 31.1 Å². The highest BCUT2D eigenvalue weighted by Gasteiger charge is 2.12. The lowest BCUT2D eigenvalue weighted by Gasteiger charge is -2.16. The molecule has 1 aliphatic rings. The van der Waals surface area contributed by atoms with E-state index in [1.54, 1.807) is 0 Å². The molecule has 23 heavy (non-hydrogen) atoms. The Labute approximate surface area is 148 Å². The third kappa shape index (κ3) is 5.31. The van der Waals surface area contributed by atoms with Crippen molar-refractivity contribution in [1.82, 2.24) is 4.90 Å². The number of benzene rings is 2. The molecule has 0 bridgehead atoms. The lowest BCUT2D eigenvalue weighted by atomic mass is 10.3. The van der Waals surface area contributed by atoms with Gasteiger partial charge < -0.3 is 9.47 Å². The van der Waals surface area contributed by atoms with Gasteiger partial charge in [0.2, 0.25) is 0 Å². The molecule has 0 aromatic heterocycles. The van der Waals surface area contributed by atoms with Crippen LogP contribution in [0.5, 0.6) is 17.2 Å². The van der Waals surface area contributed by atoms with E-state index in [2.05, 4.69) is 4.90 Å². The lowest BCUT2D eigenvalue weighted by molar-refractivity contribution is 0.232. The SMILES string of the molecule is Cl.Clc1ccc(Oc2ccccc2OCCN2CCCC2)cc1. The van der Waals surface area contributed by atoms with Crippen molar-refractivity contribution in [3.8, 4) is 17.2 Å². The summed E-state index contributed by atoms with van der Waals surface area (Å²) in [4.78, 5) is 2.43. The van der Waals surface area contributed by atoms with Crippen molar-refractivity contribution >= 4 is 24.0 Å². The molecule has 1 fully saturated rings. The number of para-hydroxylation sites is 2. The van der Waals surface area contributed by atoms with Crippen molar-refractivity contribution in [3.05, 3.63) is 53.6 Å². The van der Waals surface area contributed by atoms with Crippen molar-refractivity contribution in [2.45, 2.75) is 12.8 Å². The quantitative estimate of drug-likeness (QED) is 0.726. The fourth-order valence-electron chi connectivity index (χ4n) is 2.57. The number of likely N-dealkylation sites (tertiary alicyclic amines) is 1. The van der Waals surface area contributed by atoms with Crippen molar-refractivity contribution < 1.29 is 9.47 Å². The summed E-state index contributed by atoms with van der Waals surface area (Å²) in [5.74, 6) is 2.25. The first-order valence-corrected chi connectivity index (χ1v) is 8.07. The molecular formula is C18H21Cl2NO2. The van der Waals surface area contributed by atoms with E-state index in [0.717, 1.165) is 23.8 Å². The zero-order valence-corrected chi connectivity index (χ0v) is 14.5. The Kier molecular flexibility index (Phi) is 7.03. The van der Waals surface area contributed by atoms with E-state index in [1.165, 1.54) is 25.9 Å². The third-order valence-corrected chi connectivity index (χ3v) is 4.01. The van der Waals surface area contributed by atoms with Gasteiger partial charge in [0, 0.05) is 11.6 Å². The van der Waals surface area contributed by atoms with Gasteiger partial charge >= 0.3 is 0 Å². The largest absolute Gasteiger partial charge is 0.488 e. The van der Waals surface area contributed by atoms with Crippen LogP contribution in [0, 0.1) is 0 Å². The molecular weight excluding hydrogens is 333 g/mol. The summed E-state index contributed by atoms with van der Waals surface area (Å²) in [6, 6.07) is 15.1. The lowest BCUT2D eigenvalue weighted by Crippen LogP contribution is -2.25. The minimum atomic E-state index is 0. The minimum absolute atomic E-state index is 0. The number of rotatable bonds is 6. The topological polar surface area (TPSA) is 21.7 Å². The second-order valence-corrected chi connectivity index (χ2v) is 5.84. The molecule has 2 aromatic carbocycles. The Hall–Kier alpha value is -1.42. The molecule has 5 heteroatoms. The molecule has 1 aliphatic heterocycles. The van der Waals surface area contributed by atoms with Gasteiger partial charge in [0.25, 0.3) is 0 Å². The maximum absolute atomic E-state index is 5.90. The van der Waals surface area contributed by atoms with Gasteiger partial charge in [-0.05, 0) is 62.3 Å². The van der Waals surface area contributed by atoms with Crippen LogP contribution in [0.3, 0.4) is 0 Å². The second-order valence-electron chi connectivity index (χ2n) is 5.40. The fourth-order valence-corrected chi connectivity index (χ4v) is 2.70. The Morgan fingerprint density at radius 1 is 0.913 bits per heavy atom. The molecule has 0 unspecified atom stereocenters. The van der Waals surface area contributed by atoms with Gasteiger partial charge in [0.05, 0.1) is 0 Å². The summed E-state index contributed by atoms with van der Waals surface area (Å²) < 4.78 is 11.8. The van der Waals surface area contributed by atoms with Crippen LogP contribution < -0.4 is 9.47 Å². The van der Waals surface area contributed by atoms with E-state index in [1.807, 2.05) is 48.5 Å². The Morgan fingerprint density at radius 2 is 1.57 bits per heavy atom. The average molecular weight is 354 g/mol. The zero-order chi connectivity index (χ0) is 15.2. The molecule has 0 spiro atoms. The predicted octanol–water partition coefficient (Wildman–Crippen LogP) is 5.03. The molecule has 1 saturated heterocycles. The number of hydrogen-bond donors (Lipinski definition) is 0. The predicted molar refractivity (Wildman–Crippen MR) is 96.4 cm³/mol. The molecule has 0 radical (unpaired) electrons. The summed E-state index contributed by atoms with van der Waals surface area (Å²) in [6.07, 6.45) is 2.60. The van der Waals surface area contributed by atoms with Gasteiger partial charge in [0.15, 0.2) is 11.5 Å². The highest BCUT2D eigenvalue weighted by molar-refractivity contribution is 6.30. The van der Waals surface area contributed by atoms with E-state index in [-0.39, 0.29) is 12.4 Å². The summed E-state index contributed by atoms with van der Waals surface area (Å²) in [7, 11) is 0. The fraction of sp³-hybridized carbons (Fsp3) is 0.333. The van der Waals surface area contributed by atoms with Gasteiger partial charge in [-0.1, -0.05) is 23.7 Å². The Balaban J connectivity index is 0.00000192. The molecule has 3 rings (SSSR count). The van der Waals surface area contributed by atoms with E-state index in [4.69, 9.17) is 21.1 Å². The van der Waals surface area contributed by atoms with Crippen molar-refractivity contribution in [1.29, 1.82) is 0 Å². The van der Waals surface area contributed by atoms with Gasteiger partial charge in [0.1, 0.15) is 12.4 Å². The van der Waals surface area contributed by atoms with Crippen LogP contribution >= 0.6 is 24.0 Å². The Bertz CT molecular complexity index is 598. The highest BCUT2D eigenvalue weighted by atomic mass is 35.5. The maximum atomic E-state index is 5.90. The van der Waals surface area contributed by atoms with Crippen LogP contribution in [0.4, 0.5) is 0 Å². The van der Waals surface area contributed by atoms with Crippen molar-refractivity contribution in [2.24, 2.45) is 0 Å². The highest BCUT2D eigenvalue weighted by Crippen LogP contribution is 2.31. The van der Waals surface area contributed by atoms with E-state index in [0.29, 0.717) is 11.6 Å². The van der Waals surface area contributed by atoms with Crippen LogP contribution in [0.1, 0.15) is 12.8 Å². The van der Waals surface area contributed by atoms with Gasteiger partial charge in [-0.15, -0.1) is 12.4 Å². The standard InChI is InChI=1S/C18H20ClNO2.ClH/c19-15-7-9-16(10-8-15)22-18-6-2-1-5-17(18)21-14-13-20-11-3-4-12-20;/h1-2,5-10H,3-4,11-14H2;1H. The molecule has 0 atom stereocenters. The van der Waals surface area contributed by atoms with Crippen LogP contribution in [0.15, 0.2) is 48.5 Å². The van der Waals surface area contributed by atoms with Crippen molar-refractivity contribution in [3.63, 3.8) is 0 Å². The molecule has 2 aromatic rings. The molecule has 1 heterocycles.